The van der Waals surface area contributed by atoms with Crippen molar-refractivity contribution in [1.29, 1.82) is 0 Å². The Balaban J connectivity index is 2.20. The van der Waals surface area contributed by atoms with E-state index in [1.165, 1.54) is 4.90 Å². The van der Waals surface area contributed by atoms with Gasteiger partial charge in [0.2, 0.25) is 0 Å². The smallest absolute Gasteiger partial charge is 0.294 e. The maximum Gasteiger partial charge on any atom is 0.294 e. The molecule has 0 saturated heterocycles. The van der Waals surface area contributed by atoms with Crippen LogP contribution in [0.25, 0.3) is 0 Å². The third-order valence-corrected chi connectivity index (χ3v) is 4.86. The zero-order valence-electron chi connectivity index (χ0n) is 16.6. The van der Waals surface area contributed by atoms with Gasteiger partial charge in [-0.2, -0.15) is 0 Å². The molecule has 146 valence electrons. The second kappa shape index (κ2) is 7.89. The molecule has 1 aliphatic heterocycles. The van der Waals surface area contributed by atoms with E-state index in [0.717, 1.165) is 11.1 Å². The Bertz CT molecular complexity index is 945. The topological polar surface area (TPSA) is 66.8 Å². The molecule has 0 saturated carbocycles. The summed E-state index contributed by atoms with van der Waals surface area (Å²) in [4.78, 5) is 27.5. The molecule has 2 aromatic rings. The molecule has 2 aromatic carbocycles. The summed E-state index contributed by atoms with van der Waals surface area (Å²) in [7, 11) is 0. The lowest BCUT2D eigenvalue weighted by atomic mass is 9.91. The van der Waals surface area contributed by atoms with E-state index in [-0.39, 0.29) is 17.3 Å². The third-order valence-electron chi connectivity index (χ3n) is 4.86. The minimum atomic E-state index is -0.705. The molecule has 1 N–H and O–H groups in total. The van der Waals surface area contributed by atoms with Crippen molar-refractivity contribution < 1.29 is 19.4 Å². The van der Waals surface area contributed by atoms with Gasteiger partial charge in [-0.3, -0.25) is 14.5 Å². The van der Waals surface area contributed by atoms with Crippen molar-refractivity contribution in [3.8, 4) is 5.75 Å². The SMILES string of the molecule is CCOc1cccc(C2C(C(=O)C(C)C)=C(O)C(=O)N2c2ccccc2C)c1. The van der Waals surface area contributed by atoms with Gasteiger partial charge in [-0.1, -0.05) is 44.2 Å². The number of para-hydroxylation sites is 1. The van der Waals surface area contributed by atoms with Crippen molar-refractivity contribution in [2.45, 2.75) is 33.7 Å². The summed E-state index contributed by atoms with van der Waals surface area (Å²) >= 11 is 0. The molecule has 5 heteroatoms. The van der Waals surface area contributed by atoms with Crippen LogP contribution in [0.15, 0.2) is 59.9 Å². The van der Waals surface area contributed by atoms with E-state index in [2.05, 4.69) is 0 Å². The van der Waals surface area contributed by atoms with E-state index in [9.17, 15) is 14.7 Å². The molecule has 1 heterocycles. The average molecular weight is 379 g/mol. The van der Waals surface area contributed by atoms with E-state index < -0.39 is 17.7 Å². The van der Waals surface area contributed by atoms with Gasteiger partial charge in [0, 0.05) is 11.6 Å². The fourth-order valence-corrected chi connectivity index (χ4v) is 3.51. The van der Waals surface area contributed by atoms with Gasteiger partial charge in [-0.15, -0.1) is 0 Å². The van der Waals surface area contributed by atoms with Crippen molar-refractivity contribution in [1.82, 2.24) is 0 Å². The highest BCUT2D eigenvalue weighted by Gasteiger charge is 2.45. The first-order valence-electron chi connectivity index (χ1n) is 9.46. The van der Waals surface area contributed by atoms with Gasteiger partial charge < -0.3 is 9.84 Å². The lowest BCUT2D eigenvalue weighted by Crippen LogP contribution is -2.32. The Morgan fingerprint density at radius 1 is 1.18 bits per heavy atom. The van der Waals surface area contributed by atoms with E-state index >= 15 is 0 Å². The summed E-state index contributed by atoms with van der Waals surface area (Å²) < 4.78 is 5.60. The molecular formula is C23H25NO4. The summed E-state index contributed by atoms with van der Waals surface area (Å²) in [6.45, 7) is 7.82. The molecule has 28 heavy (non-hydrogen) atoms. The number of rotatable bonds is 6. The van der Waals surface area contributed by atoms with Crippen molar-refractivity contribution in [3.63, 3.8) is 0 Å². The Morgan fingerprint density at radius 3 is 2.54 bits per heavy atom. The number of anilines is 1. The highest BCUT2D eigenvalue weighted by Crippen LogP contribution is 2.43. The van der Waals surface area contributed by atoms with Gasteiger partial charge in [-0.05, 0) is 43.2 Å². The van der Waals surface area contributed by atoms with Crippen LogP contribution < -0.4 is 9.64 Å². The Morgan fingerprint density at radius 2 is 1.89 bits per heavy atom. The number of carbonyl (C=O) groups is 2. The number of carbonyl (C=O) groups excluding carboxylic acids is 2. The summed E-state index contributed by atoms with van der Waals surface area (Å²) in [5.41, 5.74) is 2.40. The summed E-state index contributed by atoms with van der Waals surface area (Å²) in [5.74, 6) is -0.980. The Kier molecular flexibility index (Phi) is 5.54. The second-order valence-electron chi connectivity index (χ2n) is 7.15. The number of aliphatic hydroxyl groups excluding tert-OH is 1. The zero-order chi connectivity index (χ0) is 20.4. The van der Waals surface area contributed by atoms with Gasteiger partial charge in [0.25, 0.3) is 5.91 Å². The third kappa shape index (κ3) is 3.40. The van der Waals surface area contributed by atoms with Crippen LogP contribution in [-0.2, 0) is 9.59 Å². The van der Waals surface area contributed by atoms with Gasteiger partial charge in [0.1, 0.15) is 5.75 Å². The monoisotopic (exact) mass is 379 g/mol. The number of benzene rings is 2. The van der Waals surface area contributed by atoms with Gasteiger partial charge in [0.15, 0.2) is 11.5 Å². The number of hydrogen-bond acceptors (Lipinski definition) is 4. The first kappa shape index (κ1) is 19.7. The second-order valence-corrected chi connectivity index (χ2v) is 7.15. The fraction of sp³-hybridized carbons (Fsp3) is 0.304. The molecule has 1 atom stereocenters. The maximum absolute atomic E-state index is 13.0. The molecule has 0 aliphatic carbocycles. The summed E-state index contributed by atoms with van der Waals surface area (Å²) in [5, 5.41) is 10.6. The number of aryl methyl sites for hydroxylation is 1. The highest BCUT2D eigenvalue weighted by atomic mass is 16.5. The molecule has 0 fully saturated rings. The first-order chi connectivity index (χ1) is 13.4. The quantitative estimate of drug-likeness (QED) is 0.801. The predicted molar refractivity (Wildman–Crippen MR) is 109 cm³/mol. The van der Waals surface area contributed by atoms with Crippen LogP contribution in [0.5, 0.6) is 5.75 Å². The van der Waals surface area contributed by atoms with Crippen LogP contribution in [0.3, 0.4) is 0 Å². The molecule has 1 amide bonds. The van der Waals surface area contributed by atoms with Crippen LogP contribution in [0.2, 0.25) is 0 Å². The molecule has 3 rings (SSSR count). The number of Topliss-reactive ketones (excluding diaryl/α,β-unsaturated/α-hetero) is 1. The molecular weight excluding hydrogens is 354 g/mol. The molecule has 1 unspecified atom stereocenters. The van der Waals surface area contributed by atoms with Crippen LogP contribution in [0, 0.1) is 12.8 Å². The lowest BCUT2D eigenvalue weighted by molar-refractivity contribution is -0.119. The lowest BCUT2D eigenvalue weighted by Gasteiger charge is -2.28. The predicted octanol–water partition coefficient (Wildman–Crippen LogP) is 4.52. The molecule has 5 nitrogen and oxygen atoms in total. The largest absolute Gasteiger partial charge is 0.503 e. The number of nitrogens with zero attached hydrogens (tertiary/aromatic N) is 1. The van der Waals surface area contributed by atoms with Crippen LogP contribution in [0.4, 0.5) is 5.69 Å². The first-order valence-corrected chi connectivity index (χ1v) is 9.46. The summed E-state index contributed by atoms with van der Waals surface area (Å²) in [6, 6.07) is 14.1. The number of hydrogen-bond donors (Lipinski definition) is 1. The molecule has 1 aliphatic rings. The van der Waals surface area contributed by atoms with Gasteiger partial charge in [-0.25, -0.2) is 0 Å². The highest BCUT2D eigenvalue weighted by molar-refractivity contribution is 6.17. The van der Waals surface area contributed by atoms with E-state index in [0.29, 0.717) is 18.0 Å². The van der Waals surface area contributed by atoms with E-state index in [4.69, 9.17) is 4.74 Å². The van der Waals surface area contributed by atoms with E-state index in [1.54, 1.807) is 13.8 Å². The normalized spacial score (nSPS) is 16.8. The van der Waals surface area contributed by atoms with Crippen molar-refractivity contribution in [2.75, 3.05) is 11.5 Å². The number of ether oxygens (including phenoxy) is 1. The Labute approximate surface area is 165 Å². The maximum atomic E-state index is 13.0. The van der Waals surface area contributed by atoms with Crippen molar-refractivity contribution >= 4 is 17.4 Å². The van der Waals surface area contributed by atoms with Crippen LogP contribution in [0.1, 0.15) is 37.9 Å². The van der Waals surface area contributed by atoms with Crippen molar-refractivity contribution in [3.05, 3.63) is 71.0 Å². The standard InChI is InChI=1S/C23H25NO4/c1-5-28-17-11-8-10-16(13-17)20-19(21(25)14(2)3)22(26)23(27)24(20)18-12-7-6-9-15(18)4/h6-14,20,26H,5H2,1-4H3. The van der Waals surface area contributed by atoms with Crippen molar-refractivity contribution in [2.24, 2.45) is 5.92 Å². The minimum absolute atomic E-state index is 0.136. The Hall–Kier alpha value is -3.08. The molecule has 0 aromatic heterocycles. The fourth-order valence-electron chi connectivity index (χ4n) is 3.51. The molecule has 0 bridgehead atoms. The van der Waals surface area contributed by atoms with Gasteiger partial charge in [0.05, 0.1) is 18.2 Å². The van der Waals surface area contributed by atoms with Gasteiger partial charge >= 0.3 is 0 Å². The summed E-state index contributed by atoms with van der Waals surface area (Å²) in [6.07, 6.45) is 0. The zero-order valence-corrected chi connectivity index (χ0v) is 16.6. The van der Waals surface area contributed by atoms with Crippen LogP contribution >= 0.6 is 0 Å². The number of aliphatic hydroxyl groups is 1. The van der Waals surface area contributed by atoms with Crippen LogP contribution in [-0.4, -0.2) is 23.4 Å². The molecule has 0 radical (unpaired) electrons. The minimum Gasteiger partial charge on any atom is -0.503 e. The number of ketones is 1. The molecule has 0 spiro atoms. The van der Waals surface area contributed by atoms with E-state index in [1.807, 2.05) is 62.4 Å². The number of amides is 1. The average Bonchev–Trinajstić information content (AvgIpc) is 2.93.